The van der Waals surface area contributed by atoms with Gasteiger partial charge in [-0.3, -0.25) is 0 Å². The minimum atomic E-state index is -0.114. The molecular formula is C24H28O. The Kier molecular flexibility index (Phi) is 4.15. The molecule has 0 saturated carbocycles. The molecule has 1 N–H and O–H groups in total. The maximum atomic E-state index is 10.9. The summed E-state index contributed by atoms with van der Waals surface area (Å²) >= 11 is 0. The lowest BCUT2D eigenvalue weighted by atomic mass is 9.77. The van der Waals surface area contributed by atoms with Gasteiger partial charge in [-0.05, 0) is 50.9 Å². The van der Waals surface area contributed by atoms with Gasteiger partial charge in [0.05, 0.1) is 0 Å². The summed E-state index contributed by atoms with van der Waals surface area (Å²) in [6.07, 6.45) is 0. The molecule has 1 nitrogen and oxygen atoms in total. The molecule has 25 heavy (non-hydrogen) atoms. The van der Waals surface area contributed by atoms with Crippen LogP contribution in [0.4, 0.5) is 0 Å². The average molecular weight is 332 g/mol. The van der Waals surface area contributed by atoms with Gasteiger partial charge in [0.15, 0.2) is 0 Å². The molecule has 0 aliphatic carbocycles. The van der Waals surface area contributed by atoms with Gasteiger partial charge in [0.2, 0.25) is 0 Å². The second-order valence-electron chi connectivity index (χ2n) is 8.98. The van der Waals surface area contributed by atoms with Crippen molar-refractivity contribution in [3.63, 3.8) is 0 Å². The molecule has 0 atom stereocenters. The van der Waals surface area contributed by atoms with E-state index in [9.17, 15) is 5.11 Å². The number of phenols is 1. The van der Waals surface area contributed by atoms with Crippen LogP contribution in [0.5, 0.6) is 5.75 Å². The van der Waals surface area contributed by atoms with Crippen molar-refractivity contribution in [3.05, 3.63) is 65.7 Å². The van der Waals surface area contributed by atoms with Crippen molar-refractivity contribution in [2.24, 2.45) is 0 Å². The molecule has 0 saturated heterocycles. The largest absolute Gasteiger partial charge is 0.507 e. The Balaban J connectivity index is 2.27. The predicted octanol–water partition coefficient (Wildman–Crippen LogP) is 6.81. The molecule has 130 valence electrons. The zero-order chi connectivity index (χ0) is 18.4. The minimum Gasteiger partial charge on any atom is -0.507 e. The summed E-state index contributed by atoms with van der Waals surface area (Å²) in [6.45, 7) is 12.9. The van der Waals surface area contributed by atoms with E-state index in [-0.39, 0.29) is 10.8 Å². The lowest BCUT2D eigenvalue weighted by molar-refractivity contribution is 0.423. The van der Waals surface area contributed by atoms with Crippen LogP contribution in [0.15, 0.2) is 54.6 Å². The van der Waals surface area contributed by atoms with Crippen LogP contribution in [0.1, 0.15) is 52.7 Å². The molecule has 3 rings (SSSR count). The van der Waals surface area contributed by atoms with Crippen LogP contribution >= 0.6 is 0 Å². The topological polar surface area (TPSA) is 20.2 Å². The second-order valence-corrected chi connectivity index (χ2v) is 8.98. The summed E-state index contributed by atoms with van der Waals surface area (Å²) in [5.74, 6) is 0.435. The molecule has 0 amide bonds. The number of phenolic OH excluding ortho intramolecular Hbond substituents is 1. The number of hydrogen-bond acceptors (Lipinski definition) is 1. The van der Waals surface area contributed by atoms with Gasteiger partial charge in [-0.15, -0.1) is 0 Å². The molecule has 0 radical (unpaired) electrons. The molecule has 3 aromatic rings. The van der Waals surface area contributed by atoms with Gasteiger partial charge >= 0.3 is 0 Å². The highest BCUT2D eigenvalue weighted by Gasteiger charge is 2.26. The van der Waals surface area contributed by atoms with Crippen molar-refractivity contribution in [2.75, 3.05) is 0 Å². The smallest absolute Gasteiger partial charge is 0.123 e. The van der Waals surface area contributed by atoms with Crippen LogP contribution in [0.2, 0.25) is 0 Å². The van der Waals surface area contributed by atoms with Gasteiger partial charge in [-0.1, -0.05) is 77.9 Å². The predicted molar refractivity (Wildman–Crippen MR) is 108 cm³/mol. The van der Waals surface area contributed by atoms with Crippen LogP contribution in [0, 0.1) is 0 Å². The fourth-order valence-electron chi connectivity index (χ4n) is 3.31. The highest BCUT2D eigenvalue weighted by Crippen LogP contribution is 2.42. The third-order valence-corrected chi connectivity index (χ3v) is 4.81. The van der Waals surface area contributed by atoms with Crippen LogP contribution in [-0.2, 0) is 10.8 Å². The van der Waals surface area contributed by atoms with Crippen molar-refractivity contribution in [1.82, 2.24) is 0 Å². The van der Waals surface area contributed by atoms with E-state index < -0.39 is 0 Å². The van der Waals surface area contributed by atoms with E-state index in [2.05, 4.69) is 96.1 Å². The minimum absolute atomic E-state index is 0.114. The maximum absolute atomic E-state index is 10.9. The zero-order valence-electron chi connectivity index (χ0n) is 16.1. The molecular weight excluding hydrogens is 304 g/mol. The summed E-state index contributed by atoms with van der Waals surface area (Å²) in [4.78, 5) is 0. The first-order chi connectivity index (χ1) is 11.6. The zero-order valence-corrected chi connectivity index (χ0v) is 16.1. The Hall–Kier alpha value is -2.28. The van der Waals surface area contributed by atoms with E-state index in [1.54, 1.807) is 0 Å². The molecule has 0 fully saturated rings. The van der Waals surface area contributed by atoms with E-state index in [0.717, 1.165) is 11.1 Å². The van der Waals surface area contributed by atoms with Crippen molar-refractivity contribution < 1.29 is 5.11 Å². The third kappa shape index (κ3) is 3.42. The molecule has 0 aliphatic heterocycles. The molecule has 0 aromatic heterocycles. The molecule has 0 bridgehead atoms. The van der Waals surface area contributed by atoms with Gasteiger partial charge in [0.25, 0.3) is 0 Å². The van der Waals surface area contributed by atoms with Crippen molar-refractivity contribution >= 4 is 10.8 Å². The Morgan fingerprint density at radius 2 is 1.12 bits per heavy atom. The lowest BCUT2D eigenvalue weighted by Gasteiger charge is -2.28. The van der Waals surface area contributed by atoms with E-state index in [1.807, 2.05) is 0 Å². The quantitative estimate of drug-likeness (QED) is 0.519. The van der Waals surface area contributed by atoms with Crippen molar-refractivity contribution in [1.29, 1.82) is 0 Å². The van der Waals surface area contributed by atoms with Crippen LogP contribution in [0.25, 0.3) is 21.9 Å². The van der Waals surface area contributed by atoms with Crippen LogP contribution in [-0.4, -0.2) is 5.11 Å². The Labute approximate surface area is 151 Å². The highest BCUT2D eigenvalue weighted by molar-refractivity contribution is 5.87. The first-order valence-corrected chi connectivity index (χ1v) is 8.94. The second kappa shape index (κ2) is 5.91. The van der Waals surface area contributed by atoms with Gasteiger partial charge in [-0.25, -0.2) is 0 Å². The van der Waals surface area contributed by atoms with Gasteiger partial charge in [-0.2, -0.15) is 0 Å². The number of benzene rings is 3. The Bertz CT molecular complexity index is 886. The molecule has 0 heterocycles. The van der Waals surface area contributed by atoms with Gasteiger partial charge < -0.3 is 5.11 Å². The summed E-state index contributed by atoms with van der Waals surface area (Å²) < 4.78 is 0. The molecule has 3 aromatic carbocycles. The molecule has 0 spiro atoms. The first-order valence-electron chi connectivity index (χ1n) is 8.94. The maximum Gasteiger partial charge on any atom is 0.123 e. The SMILES string of the molecule is CC(C)(C)c1cc(-c2ccc3ccccc3c2)cc(C(C)(C)C)c1O. The van der Waals surface area contributed by atoms with Gasteiger partial charge in [0, 0.05) is 11.1 Å². The monoisotopic (exact) mass is 332 g/mol. The number of aromatic hydroxyl groups is 1. The number of fused-ring (bicyclic) bond motifs is 1. The van der Waals surface area contributed by atoms with Crippen molar-refractivity contribution in [3.8, 4) is 16.9 Å². The summed E-state index contributed by atoms with van der Waals surface area (Å²) in [5.41, 5.74) is 4.13. The van der Waals surface area contributed by atoms with E-state index in [1.165, 1.54) is 21.9 Å². The lowest BCUT2D eigenvalue weighted by Crippen LogP contribution is -2.17. The van der Waals surface area contributed by atoms with Crippen molar-refractivity contribution in [2.45, 2.75) is 52.4 Å². The number of rotatable bonds is 1. The first kappa shape index (κ1) is 17.5. The normalized spacial score (nSPS) is 12.6. The average Bonchev–Trinajstić information content (AvgIpc) is 2.52. The summed E-state index contributed by atoms with van der Waals surface area (Å²) in [5, 5.41) is 13.4. The number of hydrogen-bond donors (Lipinski definition) is 1. The Morgan fingerprint density at radius 1 is 0.600 bits per heavy atom. The fraction of sp³-hybridized carbons (Fsp3) is 0.333. The standard InChI is InChI=1S/C24H28O/c1-23(2,3)20-14-19(15-21(22(20)25)24(4,5)6)18-12-11-16-9-7-8-10-17(16)13-18/h7-15,25H,1-6H3. The third-order valence-electron chi connectivity index (χ3n) is 4.81. The van der Waals surface area contributed by atoms with E-state index in [4.69, 9.17) is 0 Å². The fourth-order valence-corrected chi connectivity index (χ4v) is 3.31. The molecule has 1 heteroatoms. The van der Waals surface area contributed by atoms with Crippen LogP contribution < -0.4 is 0 Å². The Morgan fingerprint density at radius 3 is 1.64 bits per heavy atom. The summed E-state index contributed by atoms with van der Waals surface area (Å²) in [7, 11) is 0. The van der Waals surface area contributed by atoms with E-state index in [0.29, 0.717) is 5.75 Å². The molecule has 0 unspecified atom stereocenters. The van der Waals surface area contributed by atoms with Gasteiger partial charge in [0.1, 0.15) is 5.75 Å². The van der Waals surface area contributed by atoms with Crippen LogP contribution in [0.3, 0.4) is 0 Å². The summed E-state index contributed by atoms with van der Waals surface area (Å²) in [6, 6.07) is 19.3. The van der Waals surface area contributed by atoms with E-state index >= 15 is 0 Å². The highest BCUT2D eigenvalue weighted by atomic mass is 16.3. The molecule has 0 aliphatic rings.